The summed E-state index contributed by atoms with van der Waals surface area (Å²) in [7, 11) is 1.78. The number of hydrogen-bond acceptors (Lipinski definition) is 3. The second kappa shape index (κ2) is 6.30. The standard InChI is InChI=1S/C17H17N3O2/c1-19(13-16-4-2-11-22-16)17(21)12-14-5-7-15(8-6-14)20-10-3-9-18-20/h2-11H,12-13H2,1H3. The molecule has 0 N–H and O–H groups in total. The lowest BCUT2D eigenvalue weighted by atomic mass is 10.1. The van der Waals surface area contributed by atoms with Gasteiger partial charge in [0.25, 0.3) is 0 Å². The maximum Gasteiger partial charge on any atom is 0.227 e. The van der Waals surface area contributed by atoms with Crippen LogP contribution >= 0.6 is 0 Å². The highest BCUT2D eigenvalue weighted by Gasteiger charge is 2.11. The molecule has 0 saturated carbocycles. The molecule has 3 aromatic rings. The van der Waals surface area contributed by atoms with E-state index in [1.54, 1.807) is 29.1 Å². The molecule has 1 amide bonds. The number of nitrogens with zero attached hydrogens (tertiary/aromatic N) is 3. The van der Waals surface area contributed by atoms with Gasteiger partial charge in [0.05, 0.1) is 24.9 Å². The Labute approximate surface area is 128 Å². The van der Waals surface area contributed by atoms with Crippen molar-refractivity contribution in [3.63, 3.8) is 0 Å². The molecular formula is C17H17N3O2. The zero-order valence-electron chi connectivity index (χ0n) is 12.3. The fraction of sp³-hybridized carbons (Fsp3) is 0.176. The van der Waals surface area contributed by atoms with E-state index < -0.39 is 0 Å². The summed E-state index contributed by atoms with van der Waals surface area (Å²) >= 11 is 0. The molecule has 0 unspecified atom stereocenters. The monoisotopic (exact) mass is 295 g/mol. The molecule has 112 valence electrons. The molecule has 0 aliphatic rings. The first kappa shape index (κ1) is 14.1. The van der Waals surface area contributed by atoms with Gasteiger partial charge >= 0.3 is 0 Å². The number of benzene rings is 1. The van der Waals surface area contributed by atoms with Crippen LogP contribution < -0.4 is 0 Å². The second-order valence-corrected chi connectivity index (χ2v) is 5.12. The fourth-order valence-electron chi connectivity index (χ4n) is 2.22. The summed E-state index contributed by atoms with van der Waals surface area (Å²) in [6.07, 6.45) is 5.61. The van der Waals surface area contributed by atoms with E-state index in [-0.39, 0.29) is 5.91 Å². The quantitative estimate of drug-likeness (QED) is 0.727. The normalized spacial score (nSPS) is 10.6. The van der Waals surface area contributed by atoms with E-state index in [0.29, 0.717) is 13.0 Å². The Kier molecular flexibility index (Phi) is 4.05. The average Bonchev–Trinajstić information content (AvgIpc) is 3.21. The van der Waals surface area contributed by atoms with Crippen LogP contribution in [0, 0.1) is 0 Å². The summed E-state index contributed by atoms with van der Waals surface area (Å²) < 4.78 is 7.04. The number of rotatable bonds is 5. The zero-order valence-corrected chi connectivity index (χ0v) is 12.3. The van der Waals surface area contributed by atoms with Gasteiger partial charge in [0.1, 0.15) is 5.76 Å². The molecule has 0 fully saturated rings. The van der Waals surface area contributed by atoms with Crippen molar-refractivity contribution in [3.8, 4) is 5.69 Å². The molecule has 1 aromatic carbocycles. The predicted octanol–water partition coefficient (Wildman–Crippen LogP) is 2.67. The van der Waals surface area contributed by atoms with Crippen LogP contribution in [-0.2, 0) is 17.8 Å². The van der Waals surface area contributed by atoms with Crippen molar-refractivity contribution >= 4 is 5.91 Å². The Hall–Kier alpha value is -2.82. The molecule has 2 heterocycles. The van der Waals surface area contributed by atoms with Crippen LogP contribution in [-0.4, -0.2) is 27.6 Å². The molecule has 0 aliphatic carbocycles. The number of furan rings is 1. The van der Waals surface area contributed by atoms with E-state index in [9.17, 15) is 4.79 Å². The van der Waals surface area contributed by atoms with Crippen LogP contribution in [0.15, 0.2) is 65.5 Å². The van der Waals surface area contributed by atoms with Crippen molar-refractivity contribution < 1.29 is 9.21 Å². The maximum atomic E-state index is 12.2. The summed E-state index contributed by atoms with van der Waals surface area (Å²) in [6.45, 7) is 0.483. The summed E-state index contributed by atoms with van der Waals surface area (Å²) in [5, 5.41) is 4.18. The van der Waals surface area contributed by atoms with Crippen molar-refractivity contribution in [1.29, 1.82) is 0 Å². The first-order valence-corrected chi connectivity index (χ1v) is 7.08. The molecular weight excluding hydrogens is 278 g/mol. The molecule has 0 radical (unpaired) electrons. The van der Waals surface area contributed by atoms with Crippen LogP contribution in [0.5, 0.6) is 0 Å². The lowest BCUT2D eigenvalue weighted by Crippen LogP contribution is -2.27. The van der Waals surface area contributed by atoms with Gasteiger partial charge in [0, 0.05) is 19.4 Å². The van der Waals surface area contributed by atoms with E-state index in [0.717, 1.165) is 17.0 Å². The number of hydrogen-bond donors (Lipinski definition) is 0. The van der Waals surface area contributed by atoms with Crippen LogP contribution in [0.4, 0.5) is 0 Å². The Balaban J connectivity index is 1.61. The minimum absolute atomic E-state index is 0.0586. The lowest BCUT2D eigenvalue weighted by Gasteiger charge is -2.15. The number of amides is 1. The van der Waals surface area contributed by atoms with E-state index in [1.807, 2.05) is 48.7 Å². The van der Waals surface area contributed by atoms with E-state index in [2.05, 4.69) is 5.10 Å². The predicted molar refractivity (Wildman–Crippen MR) is 82.5 cm³/mol. The Morgan fingerprint density at radius 2 is 2.05 bits per heavy atom. The van der Waals surface area contributed by atoms with E-state index in [4.69, 9.17) is 4.42 Å². The highest BCUT2D eigenvalue weighted by Crippen LogP contribution is 2.11. The molecule has 0 saturated heterocycles. The van der Waals surface area contributed by atoms with Gasteiger partial charge in [-0.05, 0) is 35.9 Å². The van der Waals surface area contributed by atoms with Gasteiger partial charge in [-0.1, -0.05) is 12.1 Å². The van der Waals surface area contributed by atoms with Crippen LogP contribution in [0.25, 0.3) is 5.69 Å². The minimum Gasteiger partial charge on any atom is -0.467 e. The van der Waals surface area contributed by atoms with Gasteiger partial charge in [-0.15, -0.1) is 0 Å². The van der Waals surface area contributed by atoms with Crippen molar-refractivity contribution in [2.75, 3.05) is 7.05 Å². The molecule has 22 heavy (non-hydrogen) atoms. The zero-order chi connectivity index (χ0) is 15.4. The van der Waals surface area contributed by atoms with Crippen LogP contribution in [0.3, 0.4) is 0 Å². The molecule has 0 bridgehead atoms. The number of likely N-dealkylation sites (N-methyl/N-ethyl adjacent to an activating group) is 1. The summed E-state index contributed by atoms with van der Waals surface area (Å²) in [5.74, 6) is 0.841. The smallest absolute Gasteiger partial charge is 0.227 e. The first-order valence-electron chi connectivity index (χ1n) is 7.08. The number of carbonyl (C=O) groups is 1. The van der Waals surface area contributed by atoms with Crippen molar-refractivity contribution in [2.24, 2.45) is 0 Å². The molecule has 3 rings (SSSR count). The van der Waals surface area contributed by atoms with Gasteiger partial charge in [-0.2, -0.15) is 5.10 Å². The highest BCUT2D eigenvalue weighted by molar-refractivity contribution is 5.78. The summed E-state index contributed by atoms with van der Waals surface area (Å²) in [4.78, 5) is 13.9. The Bertz CT molecular complexity index is 716. The second-order valence-electron chi connectivity index (χ2n) is 5.12. The third kappa shape index (κ3) is 3.25. The highest BCUT2D eigenvalue weighted by atomic mass is 16.3. The number of carbonyl (C=O) groups excluding carboxylic acids is 1. The minimum atomic E-state index is 0.0586. The van der Waals surface area contributed by atoms with Crippen molar-refractivity contribution in [3.05, 3.63) is 72.4 Å². The molecule has 5 heteroatoms. The average molecular weight is 295 g/mol. The van der Waals surface area contributed by atoms with Crippen LogP contribution in [0.2, 0.25) is 0 Å². The van der Waals surface area contributed by atoms with E-state index in [1.165, 1.54) is 0 Å². The lowest BCUT2D eigenvalue weighted by molar-refractivity contribution is -0.129. The number of aromatic nitrogens is 2. The molecule has 5 nitrogen and oxygen atoms in total. The van der Waals surface area contributed by atoms with Gasteiger partial charge in [-0.3, -0.25) is 4.79 Å². The SMILES string of the molecule is CN(Cc1ccco1)C(=O)Cc1ccc(-n2cccn2)cc1. The van der Waals surface area contributed by atoms with Crippen molar-refractivity contribution in [2.45, 2.75) is 13.0 Å². The molecule has 0 aliphatic heterocycles. The molecule has 2 aromatic heterocycles. The third-order valence-corrected chi connectivity index (χ3v) is 3.46. The van der Waals surface area contributed by atoms with Crippen molar-refractivity contribution in [1.82, 2.24) is 14.7 Å². The Morgan fingerprint density at radius 1 is 1.23 bits per heavy atom. The third-order valence-electron chi connectivity index (χ3n) is 3.46. The van der Waals surface area contributed by atoms with Gasteiger partial charge < -0.3 is 9.32 Å². The van der Waals surface area contributed by atoms with Gasteiger partial charge in [0.15, 0.2) is 0 Å². The topological polar surface area (TPSA) is 51.3 Å². The van der Waals surface area contributed by atoms with Gasteiger partial charge in [-0.25, -0.2) is 4.68 Å². The molecule has 0 atom stereocenters. The first-order chi connectivity index (χ1) is 10.7. The Morgan fingerprint density at radius 3 is 2.68 bits per heavy atom. The van der Waals surface area contributed by atoms with Crippen LogP contribution in [0.1, 0.15) is 11.3 Å². The largest absolute Gasteiger partial charge is 0.467 e. The fourth-order valence-corrected chi connectivity index (χ4v) is 2.22. The van der Waals surface area contributed by atoms with Gasteiger partial charge in [0.2, 0.25) is 5.91 Å². The molecule has 0 spiro atoms. The summed E-state index contributed by atoms with van der Waals surface area (Å²) in [5.41, 5.74) is 1.96. The maximum absolute atomic E-state index is 12.2. The van der Waals surface area contributed by atoms with E-state index >= 15 is 0 Å². The summed E-state index contributed by atoms with van der Waals surface area (Å²) in [6, 6.07) is 13.4.